The molecule has 0 unspecified atom stereocenters. The second-order valence-electron chi connectivity index (χ2n) is 8.60. The third kappa shape index (κ3) is 4.93. The molecule has 5 rings (SSSR count). The summed E-state index contributed by atoms with van der Waals surface area (Å²) in [7, 11) is 0. The van der Waals surface area contributed by atoms with Gasteiger partial charge in [-0.25, -0.2) is 4.98 Å². The van der Waals surface area contributed by atoms with E-state index in [1.807, 2.05) is 18.2 Å². The summed E-state index contributed by atoms with van der Waals surface area (Å²) in [5.74, 6) is 0. The summed E-state index contributed by atoms with van der Waals surface area (Å²) in [6, 6.07) is 23.2. The molecule has 35 heavy (non-hydrogen) atoms. The molecule has 0 atom stereocenters. The van der Waals surface area contributed by atoms with Crippen molar-refractivity contribution in [2.75, 3.05) is 37.8 Å². The monoisotopic (exact) mass is 481 g/mol. The van der Waals surface area contributed by atoms with Crippen LogP contribution in [0.15, 0.2) is 76.0 Å². The Hall–Kier alpha value is -3.28. The first-order valence-corrected chi connectivity index (χ1v) is 13.5. The number of furan rings is 1. The van der Waals surface area contributed by atoms with Crippen molar-refractivity contribution in [3.8, 4) is 0 Å². The topological polar surface area (TPSA) is 41.3 Å². The van der Waals surface area contributed by atoms with E-state index in [4.69, 9.17) is 9.40 Å². The number of anilines is 1. The maximum Gasteiger partial charge on any atom is 0.177 e. The quantitative estimate of drug-likeness (QED) is 0.172. The molecule has 5 aromatic rings. The Bertz CT molecular complexity index is 1480. The van der Waals surface area contributed by atoms with Crippen molar-refractivity contribution in [2.45, 2.75) is 18.7 Å². The van der Waals surface area contributed by atoms with E-state index >= 15 is 0 Å². The molecule has 1 N–H and O–H groups in total. The van der Waals surface area contributed by atoms with Crippen molar-refractivity contribution < 1.29 is 4.42 Å². The number of para-hydroxylation sites is 1. The Kier molecular flexibility index (Phi) is 7.07. The van der Waals surface area contributed by atoms with Crippen LogP contribution in [0.3, 0.4) is 0 Å². The lowest BCUT2D eigenvalue weighted by molar-refractivity contribution is 0.316. The third-order valence-electron chi connectivity index (χ3n) is 6.53. The maximum absolute atomic E-state index is 6.33. The van der Waals surface area contributed by atoms with Gasteiger partial charge in [0.1, 0.15) is 11.1 Å². The second-order valence-corrected chi connectivity index (χ2v) is 9.48. The van der Waals surface area contributed by atoms with Crippen LogP contribution in [-0.4, -0.2) is 42.3 Å². The molecule has 0 aliphatic heterocycles. The number of benzene rings is 3. The minimum Gasteiger partial charge on any atom is -0.452 e. The fourth-order valence-corrected chi connectivity index (χ4v) is 4.88. The first-order chi connectivity index (χ1) is 17.2. The number of pyridine rings is 1. The summed E-state index contributed by atoms with van der Waals surface area (Å²) >= 11 is 1.76. The van der Waals surface area contributed by atoms with Gasteiger partial charge in [-0.15, -0.1) is 11.8 Å². The summed E-state index contributed by atoms with van der Waals surface area (Å²) in [6.07, 6.45) is 6.42. The summed E-state index contributed by atoms with van der Waals surface area (Å²) in [6.45, 7) is 8.31. The van der Waals surface area contributed by atoms with Gasteiger partial charge < -0.3 is 14.6 Å². The Morgan fingerprint density at radius 3 is 2.43 bits per heavy atom. The number of aromatic nitrogens is 1. The summed E-state index contributed by atoms with van der Waals surface area (Å²) in [5.41, 5.74) is 6.92. The molecule has 0 saturated heterocycles. The van der Waals surface area contributed by atoms with Crippen LogP contribution in [0.25, 0.3) is 45.1 Å². The van der Waals surface area contributed by atoms with E-state index in [0.29, 0.717) is 0 Å². The van der Waals surface area contributed by atoms with E-state index in [9.17, 15) is 0 Å². The molecule has 2 aromatic heterocycles. The van der Waals surface area contributed by atoms with E-state index < -0.39 is 0 Å². The molecule has 2 heterocycles. The van der Waals surface area contributed by atoms with Gasteiger partial charge in [0.15, 0.2) is 5.58 Å². The number of nitrogens with zero attached hydrogens (tertiary/aromatic N) is 2. The number of hydrogen-bond donors (Lipinski definition) is 1. The fraction of sp³-hybridized carbons (Fsp3) is 0.233. The lowest BCUT2D eigenvalue weighted by atomic mass is 10.1. The van der Waals surface area contributed by atoms with Gasteiger partial charge in [0.25, 0.3) is 0 Å². The molecule has 0 aliphatic carbocycles. The normalized spacial score (nSPS) is 12.0. The average molecular weight is 482 g/mol. The lowest BCUT2D eigenvalue weighted by Crippen LogP contribution is -2.28. The highest BCUT2D eigenvalue weighted by Gasteiger charge is 2.16. The second kappa shape index (κ2) is 10.5. The highest BCUT2D eigenvalue weighted by molar-refractivity contribution is 7.98. The SMILES string of the molecule is CCN(CC)CCNc1c2cc(/C=C/c3ccc(SC)cc3)ccc2nc2c1oc1ccccc12. The largest absolute Gasteiger partial charge is 0.452 e. The Morgan fingerprint density at radius 2 is 1.66 bits per heavy atom. The van der Waals surface area contributed by atoms with Crippen molar-refractivity contribution in [3.05, 3.63) is 77.9 Å². The molecule has 0 radical (unpaired) electrons. The van der Waals surface area contributed by atoms with Gasteiger partial charge in [0.2, 0.25) is 0 Å². The Morgan fingerprint density at radius 1 is 0.914 bits per heavy atom. The first-order valence-electron chi connectivity index (χ1n) is 12.2. The zero-order valence-corrected chi connectivity index (χ0v) is 21.4. The lowest BCUT2D eigenvalue weighted by Gasteiger charge is -2.19. The number of rotatable bonds is 9. The minimum absolute atomic E-state index is 0.826. The predicted octanol–water partition coefficient (Wildman–Crippen LogP) is 7.78. The van der Waals surface area contributed by atoms with Crippen molar-refractivity contribution in [2.24, 2.45) is 0 Å². The van der Waals surface area contributed by atoms with Gasteiger partial charge in [0.05, 0.1) is 11.2 Å². The average Bonchev–Trinajstić information content (AvgIpc) is 3.28. The van der Waals surface area contributed by atoms with Crippen LogP contribution in [0, 0.1) is 0 Å². The van der Waals surface area contributed by atoms with E-state index in [1.165, 1.54) is 10.5 Å². The van der Waals surface area contributed by atoms with Crippen molar-refractivity contribution in [1.29, 1.82) is 0 Å². The zero-order chi connectivity index (χ0) is 24.2. The van der Waals surface area contributed by atoms with E-state index in [0.717, 1.165) is 70.4 Å². The number of likely N-dealkylation sites (N-methyl/N-ethyl adjacent to an activating group) is 1. The van der Waals surface area contributed by atoms with Crippen molar-refractivity contribution >= 4 is 62.6 Å². The van der Waals surface area contributed by atoms with Gasteiger partial charge in [0, 0.05) is 28.8 Å². The van der Waals surface area contributed by atoms with Gasteiger partial charge in [-0.3, -0.25) is 0 Å². The fourth-order valence-electron chi connectivity index (χ4n) is 4.47. The first kappa shape index (κ1) is 23.5. The summed E-state index contributed by atoms with van der Waals surface area (Å²) in [5, 5.41) is 5.83. The summed E-state index contributed by atoms with van der Waals surface area (Å²) in [4.78, 5) is 8.70. The van der Waals surface area contributed by atoms with Gasteiger partial charge in [-0.05, 0) is 66.9 Å². The molecule has 0 amide bonds. The number of thioether (sulfide) groups is 1. The van der Waals surface area contributed by atoms with Crippen LogP contribution < -0.4 is 5.32 Å². The van der Waals surface area contributed by atoms with Gasteiger partial charge >= 0.3 is 0 Å². The molecule has 3 aromatic carbocycles. The van der Waals surface area contributed by atoms with Crippen LogP contribution in [0.1, 0.15) is 25.0 Å². The molecule has 0 saturated carbocycles. The standard InChI is InChI=1S/C30H31N3OS/c1-4-33(5-2)19-18-31-28-25-20-22(11-10-21-12-15-23(35-3)16-13-21)14-17-26(25)32-29-24-8-6-7-9-27(24)34-30(28)29/h6-17,20H,4-5,18-19H2,1-3H3,(H,31,32)/b11-10+. The van der Waals surface area contributed by atoms with E-state index in [1.54, 1.807) is 11.8 Å². The predicted molar refractivity (Wildman–Crippen MR) is 152 cm³/mol. The molecule has 0 fully saturated rings. The highest BCUT2D eigenvalue weighted by Crippen LogP contribution is 2.37. The number of fused-ring (bicyclic) bond motifs is 4. The third-order valence-corrected chi connectivity index (χ3v) is 7.27. The molecule has 0 spiro atoms. The molecular formula is C30H31N3OS. The smallest absolute Gasteiger partial charge is 0.177 e. The maximum atomic E-state index is 6.33. The minimum atomic E-state index is 0.826. The molecule has 178 valence electrons. The summed E-state index contributed by atoms with van der Waals surface area (Å²) < 4.78 is 6.33. The molecule has 4 nitrogen and oxygen atoms in total. The molecular weight excluding hydrogens is 450 g/mol. The van der Waals surface area contributed by atoms with Gasteiger partial charge in [-0.1, -0.05) is 56.3 Å². The van der Waals surface area contributed by atoms with Crippen LogP contribution in [0.2, 0.25) is 0 Å². The van der Waals surface area contributed by atoms with Crippen molar-refractivity contribution in [1.82, 2.24) is 9.88 Å². The van der Waals surface area contributed by atoms with Crippen LogP contribution >= 0.6 is 11.8 Å². The Labute approximate surface area is 211 Å². The van der Waals surface area contributed by atoms with E-state index in [-0.39, 0.29) is 0 Å². The molecule has 5 heteroatoms. The molecule has 0 aliphatic rings. The molecule has 0 bridgehead atoms. The number of nitrogens with one attached hydrogen (secondary N) is 1. The highest BCUT2D eigenvalue weighted by atomic mass is 32.2. The number of hydrogen-bond acceptors (Lipinski definition) is 5. The van der Waals surface area contributed by atoms with Crippen LogP contribution in [-0.2, 0) is 0 Å². The van der Waals surface area contributed by atoms with Crippen molar-refractivity contribution in [3.63, 3.8) is 0 Å². The van der Waals surface area contributed by atoms with Crippen LogP contribution in [0.4, 0.5) is 5.69 Å². The Balaban J connectivity index is 1.56. The van der Waals surface area contributed by atoms with E-state index in [2.05, 4.69) is 91.0 Å². The van der Waals surface area contributed by atoms with Crippen LogP contribution in [0.5, 0.6) is 0 Å². The zero-order valence-electron chi connectivity index (χ0n) is 20.5. The van der Waals surface area contributed by atoms with Gasteiger partial charge in [-0.2, -0.15) is 0 Å².